The highest BCUT2D eigenvalue weighted by molar-refractivity contribution is 5.82. The summed E-state index contributed by atoms with van der Waals surface area (Å²) in [7, 11) is 1.88. The van der Waals surface area contributed by atoms with E-state index in [2.05, 4.69) is 16.4 Å². The molecule has 3 nitrogen and oxygen atoms in total. The van der Waals surface area contributed by atoms with Crippen LogP contribution in [0.2, 0.25) is 0 Å². The van der Waals surface area contributed by atoms with Gasteiger partial charge in [-0.2, -0.15) is 0 Å². The van der Waals surface area contributed by atoms with E-state index in [1.54, 1.807) is 6.07 Å². The lowest BCUT2D eigenvalue weighted by Gasteiger charge is -2.05. The third-order valence-corrected chi connectivity index (χ3v) is 2.45. The van der Waals surface area contributed by atoms with Crippen molar-refractivity contribution >= 4 is 10.9 Å². The van der Waals surface area contributed by atoms with Gasteiger partial charge in [-0.25, -0.2) is 0 Å². The van der Waals surface area contributed by atoms with Crippen molar-refractivity contribution in [1.82, 2.24) is 10.3 Å². The van der Waals surface area contributed by atoms with Gasteiger partial charge in [0, 0.05) is 23.5 Å². The predicted molar refractivity (Wildman–Crippen MR) is 62.1 cm³/mol. The van der Waals surface area contributed by atoms with E-state index < -0.39 is 0 Å². The second-order valence-electron chi connectivity index (χ2n) is 3.74. The van der Waals surface area contributed by atoms with Gasteiger partial charge in [0.05, 0.1) is 0 Å². The molecule has 2 aromatic rings. The highest BCUT2D eigenvalue weighted by Crippen LogP contribution is 2.16. The fourth-order valence-corrected chi connectivity index (χ4v) is 1.78. The molecule has 0 aliphatic heterocycles. The molecule has 0 unspecified atom stereocenters. The van der Waals surface area contributed by atoms with Crippen molar-refractivity contribution < 1.29 is 0 Å². The first-order chi connectivity index (χ1) is 7.20. The number of benzene rings is 1. The van der Waals surface area contributed by atoms with Gasteiger partial charge in [-0.3, -0.25) is 4.79 Å². The zero-order valence-corrected chi connectivity index (χ0v) is 8.92. The van der Waals surface area contributed by atoms with Gasteiger partial charge < -0.3 is 10.3 Å². The number of hydrogen-bond acceptors (Lipinski definition) is 2. The summed E-state index contributed by atoms with van der Waals surface area (Å²) in [5.74, 6) is 0. The van der Waals surface area contributed by atoms with Gasteiger partial charge >= 0.3 is 0 Å². The van der Waals surface area contributed by atoms with Crippen LogP contribution in [0.3, 0.4) is 0 Å². The number of fused-ring (bicyclic) bond motifs is 1. The van der Waals surface area contributed by atoms with Crippen LogP contribution < -0.4 is 10.9 Å². The Hall–Kier alpha value is -1.61. The maximum Gasteiger partial charge on any atom is 0.248 e. The molecule has 15 heavy (non-hydrogen) atoms. The van der Waals surface area contributed by atoms with Gasteiger partial charge in [0.2, 0.25) is 5.56 Å². The Labute approximate surface area is 88.1 Å². The Bertz CT molecular complexity index is 543. The lowest BCUT2D eigenvalue weighted by Crippen LogP contribution is -2.12. The van der Waals surface area contributed by atoms with Crippen LogP contribution in [0.5, 0.6) is 0 Å². The van der Waals surface area contributed by atoms with Crippen LogP contribution in [0.1, 0.15) is 11.1 Å². The Morgan fingerprint density at radius 3 is 2.87 bits per heavy atom. The highest BCUT2D eigenvalue weighted by atomic mass is 16.1. The molecule has 1 aromatic heterocycles. The average molecular weight is 202 g/mol. The summed E-state index contributed by atoms with van der Waals surface area (Å²) in [6.07, 6.45) is 0. The summed E-state index contributed by atoms with van der Waals surface area (Å²) in [5.41, 5.74) is 3.06. The molecule has 0 saturated heterocycles. The first-order valence-corrected chi connectivity index (χ1v) is 4.98. The van der Waals surface area contributed by atoms with Crippen molar-refractivity contribution in [3.63, 3.8) is 0 Å². The van der Waals surface area contributed by atoms with Crippen molar-refractivity contribution in [3.8, 4) is 0 Å². The van der Waals surface area contributed by atoms with E-state index in [0.717, 1.165) is 22.0 Å². The zero-order valence-electron chi connectivity index (χ0n) is 8.92. The molecule has 2 rings (SSSR count). The van der Waals surface area contributed by atoms with E-state index >= 15 is 0 Å². The number of aromatic nitrogens is 1. The maximum atomic E-state index is 11.4. The molecule has 0 amide bonds. The van der Waals surface area contributed by atoms with Gasteiger partial charge in [0.1, 0.15) is 0 Å². The normalized spacial score (nSPS) is 10.8. The molecule has 0 aliphatic carbocycles. The molecular formula is C12H14N2O. The summed E-state index contributed by atoms with van der Waals surface area (Å²) < 4.78 is 0. The molecule has 2 N–H and O–H groups in total. The Morgan fingerprint density at radius 1 is 1.33 bits per heavy atom. The molecule has 0 spiro atoms. The molecular weight excluding hydrogens is 188 g/mol. The van der Waals surface area contributed by atoms with Crippen LogP contribution in [-0.4, -0.2) is 12.0 Å². The SMILES string of the molecule is CNCc1cc(=O)[nH]c2cc(C)ccc12. The van der Waals surface area contributed by atoms with Crippen molar-refractivity contribution in [1.29, 1.82) is 0 Å². The third-order valence-electron chi connectivity index (χ3n) is 2.45. The van der Waals surface area contributed by atoms with E-state index in [1.165, 1.54) is 0 Å². The van der Waals surface area contributed by atoms with E-state index in [9.17, 15) is 4.79 Å². The summed E-state index contributed by atoms with van der Waals surface area (Å²) in [6.45, 7) is 2.73. The molecule has 0 atom stereocenters. The smallest absolute Gasteiger partial charge is 0.248 e. The van der Waals surface area contributed by atoms with Crippen molar-refractivity contribution in [3.05, 3.63) is 45.7 Å². The minimum atomic E-state index is -0.0432. The topological polar surface area (TPSA) is 44.9 Å². The molecule has 0 aliphatic rings. The lowest BCUT2D eigenvalue weighted by molar-refractivity contribution is 0.821. The molecule has 0 saturated carbocycles. The molecule has 3 heteroatoms. The minimum Gasteiger partial charge on any atom is -0.322 e. The van der Waals surface area contributed by atoms with E-state index in [4.69, 9.17) is 0 Å². The number of rotatable bonds is 2. The van der Waals surface area contributed by atoms with Gasteiger partial charge in [0.25, 0.3) is 0 Å². The molecule has 0 bridgehead atoms. The van der Waals surface area contributed by atoms with E-state index in [-0.39, 0.29) is 5.56 Å². The number of nitrogens with one attached hydrogen (secondary N) is 2. The number of H-pyrrole nitrogens is 1. The van der Waals surface area contributed by atoms with Crippen LogP contribution in [-0.2, 0) is 6.54 Å². The molecule has 1 aromatic carbocycles. The lowest BCUT2D eigenvalue weighted by atomic mass is 10.1. The summed E-state index contributed by atoms with van der Waals surface area (Å²) in [4.78, 5) is 14.3. The predicted octanol–water partition coefficient (Wildman–Crippen LogP) is 1.56. The summed E-state index contributed by atoms with van der Waals surface area (Å²) in [6, 6.07) is 7.75. The largest absolute Gasteiger partial charge is 0.322 e. The Balaban J connectivity index is 2.74. The van der Waals surface area contributed by atoms with Gasteiger partial charge in [-0.1, -0.05) is 12.1 Å². The fraction of sp³-hybridized carbons (Fsp3) is 0.250. The van der Waals surface area contributed by atoms with Crippen LogP contribution in [0.25, 0.3) is 10.9 Å². The van der Waals surface area contributed by atoms with Gasteiger partial charge in [-0.15, -0.1) is 0 Å². The molecule has 1 heterocycles. The van der Waals surface area contributed by atoms with Crippen molar-refractivity contribution in [2.75, 3.05) is 7.05 Å². The second kappa shape index (κ2) is 3.87. The van der Waals surface area contributed by atoms with Crippen LogP contribution >= 0.6 is 0 Å². The van der Waals surface area contributed by atoms with E-state index in [1.807, 2.05) is 26.1 Å². The maximum absolute atomic E-state index is 11.4. The third kappa shape index (κ3) is 1.92. The number of hydrogen-bond donors (Lipinski definition) is 2. The second-order valence-corrected chi connectivity index (χ2v) is 3.74. The quantitative estimate of drug-likeness (QED) is 0.776. The highest BCUT2D eigenvalue weighted by Gasteiger charge is 2.02. The summed E-state index contributed by atoms with van der Waals surface area (Å²) in [5, 5.41) is 4.17. The Morgan fingerprint density at radius 2 is 2.13 bits per heavy atom. The van der Waals surface area contributed by atoms with Gasteiger partial charge in [0.15, 0.2) is 0 Å². The first-order valence-electron chi connectivity index (χ1n) is 4.98. The molecule has 0 fully saturated rings. The zero-order chi connectivity index (χ0) is 10.8. The monoisotopic (exact) mass is 202 g/mol. The number of aryl methyl sites for hydroxylation is 1. The van der Waals surface area contributed by atoms with Gasteiger partial charge in [-0.05, 0) is 31.2 Å². The fourth-order valence-electron chi connectivity index (χ4n) is 1.78. The number of pyridine rings is 1. The van der Waals surface area contributed by atoms with Crippen LogP contribution in [0.4, 0.5) is 0 Å². The van der Waals surface area contributed by atoms with Crippen LogP contribution in [0, 0.1) is 6.92 Å². The number of aromatic amines is 1. The average Bonchev–Trinajstić information content (AvgIpc) is 2.17. The first kappa shape index (κ1) is 9.93. The van der Waals surface area contributed by atoms with Crippen molar-refractivity contribution in [2.45, 2.75) is 13.5 Å². The minimum absolute atomic E-state index is 0.0432. The Kier molecular flexibility index (Phi) is 2.56. The van der Waals surface area contributed by atoms with Crippen molar-refractivity contribution in [2.24, 2.45) is 0 Å². The summed E-state index contributed by atoms with van der Waals surface area (Å²) >= 11 is 0. The molecule has 78 valence electrons. The van der Waals surface area contributed by atoms with Crippen LogP contribution in [0.15, 0.2) is 29.1 Å². The molecule has 0 radical (unpaired) electrons. The van der Waals surface area contributed by atoms with E-state index in [0.29, 0.717) is 6.54 Å². The standard InChI is InChI=1S/C12H14N2O/c1-8-3-4-10-9(7-13-2)6-12(15)14-11(10)5-8/h3-6,13H,7H2,1-2H3,(H,14,15).